The summed E-state index contributed by atoms with van der Waals surface area (Å²) in [4.78, 5) is 5.27. The van der Waals surface area contributed by atoms with E-state index < -0.39 is 10.0 Å². The molecule has 0 amide bonds. The summed E-state index contributed by atoms with van der Waals surface area (Å²) >= 11 is 0. The van der Waals surface area contributed by atoms with E-state index in [9.17, 15) is 8.42 Å². The number of rotatable bonds is 4. The quantitative estimate of drug-likeness (QED) is 0.860. The molecule has 0 saturated carbocycles. The van der Waals surface area contributed by atoms with Gasteiger partial charge in [0.2, 0.25) is 0 Å². The molecule has 1 aliphatic heterocycles. The van der Waals surface area contributed by atoms with Crippen LogP contribution in [-0.2, 0) is 10.0 Å². The summed E-state index contributed by atoms with van der Waals surface area (Å²) in [5, 5.41) is 4.82. The Kier molecular flexibility index (Phi) is 4.88. The Morgan fingerprint density at radius 1 is 1.05 bits per heavy atom. The van der Waals surface area contributed by atoms with E-state index in [1.54, 1.807) is 5.01 Å². The van der Waals surface area contributed by atoms with Gasteiger partial charge in [0.25, 0.3) is 10.0 Å². The molecule has 0 aliphatic carbocycles. The van der Waals surface area contributed by atoms with Crippen molar-refractivity contribution in [2.24, 2.45) is 0 Å². The third kappa shape index (κ3) is 3.74. The molecule has 118 valence electrons. The predicted octanol–water partition coefficient (Wildman–Crippen LogP) is 0.786. The van der Waals surface area contributed by atoms with Gasteiger partial charge in [0.15, 0.2) is 0 Å². The average Bonchev–Trinajstić information content (AvgIpc) is 2.39. The average molecular weight is 312 g/mol. The van der Waals surface area contributed by atoms with Crippen LogP contribution in [0.15, 0.2) is 17.0 Å². The second-order valence-corrected chi connectivity index (χ2v) is 7.17. The van der Waals surface area contributed by atoms with Crippen LogP contribution in [-0.4, -0.2) is 58.6 Å². The van der Waals surface area contributed by atoms with Gasteiger partial charge in [0.1, 0.15) is 0 Å². The number of piperazine rings is 1. The summed E-state index contributed by atoms with van der Waals surface area (Å²) in [5.41, 5.74) is 2.42. The molecule has 2 rings (SSSR count). The molecule has 1 aromatic rings. The number of benzene rings is 1. The van der Waals surface area contributed by atoms with Gasteiger partial charge in [-0.25, -0.2) is 13.4 Å². The molecule has 0 aromatic heterocycles. The molecule has 0 atom stereocenters. The van der Waals surface area contributed by atoms with E-state index in [0.29, 0.717) is 18.0 Å². The van der Waals surface area contributed by atoms with Gasteiger partial charge < -0.3 is 10.2 Å². The van der Waals surface area contributed by atoms with Gasteiger partial charge in [-0.05, 0) is 44.2 Å². The molecule has 1 heterocycles. The minimum atomic E-state index is -3.53. The molecule has 1 aromatic carbocycles. The van der Waals surface area contributed by atoms with E-state index >= 15 is 0 Å². The highest BCUT2D eigenvalue weighted by atomic mass is 32.2. The van der Waals surface area contributed by atoms with Crippen molar-refractivity contribution in [1.29, 1.82) is 0 Å². The Morgan fingerprint density at radius 2 is 1.57 bits per heavy atom. The van der Waals surface area contributed by atoms with Gasteiger partial charge in [-0.1, -0.05) is 0 Å². The van der Waals surface area contributed by atoms with Crippen molar-refractivity contribution < 1.29 is 8.42 Å². The van der Waals surface area contributed by atoms with Crippen LogP contribution in [0.3, 0.4) is 0 Å². The molecule has 1 fully saturated rings. The summed E-state index contributed by atoms with van der Waals surface area (Å²) in [6.07, 6.45) is 0. The first-order valence-corrected chi connectivity index (χ1v) is 8.57. The van der Waals surface area contributed by atoms with Crippen LogP contribution in [0.1, 0.15) is 11.1 Å². The van der Waals surface area contributed by atoms with Crippen LogP contribution in [0.4, 0.5) is 5.69 Å². The van der Waals surface area contributed by atoms with Crippen molar-refractivity contribution >= 4 is 15.7 Å². The van der Waals surface area contributed by atoms with E-state index in [4.69, 9.17) is 0 Å². The fourth-order valence-electron chi connectivity index (χ4n) is 2.63. The van der Waals surface area contributed by atoms with Gasteiger partial charge >= 0.3 is 0 Å². The highest BCUT2D eigenvalue weighted by molar-refractivity contribution is 7.89. The zero-order valence-electron chi connectivity index (χ0n) is 13.1. The number of nitrogens with one attached hydrogen (secondary N) is 2. The zero-order valence-corrected chi connectivity index (χ0v) is 13.9. The highest BCUT2D eigenvalue weighted by Gasteiger charge is 2.24. The van der Waals surface area contributed by atoms with Crippen molar-refractivity contribution in [3.05, 3.63) is 23.3 Å². The van der Waals surface area contributed by atoms with Crippen LogP contribution >= 0.6 is 0 Å². The topological polar surface area (TPSA) is 64.7 Å². The summed E-state index contributed by atoms with van der Waals surface area (Å²) in [5.74, 6) is 0. The first-order chi connectivity index (χ1) is 9.83. The van der Waals surface area contributed by atoms with Crippen LogP contribution in [0.25, 0.3) is 0 Å². The zero-order chi connectivity index (χ0) is 15.6. The lowest BCUT2D eigenvalue weighted by Gasteiger charge is -2.32. The van der Waals surface area contributed by atoms with Crippen LogP contribution in [0.5, 0.6) is 0 Å². The maximum Gasteiger partial charge on any atom is 0.253 e. The molecule has 21 heavy (non-hydrogen) atoms. The van der Waals surface area contributed by atoms with E-state index in [-0.39, 0.29) is 0 Å². The van der Waals surface area contributed by atoms with Gasteiger partial charge in [0.05, 0.1) is 4.90 Å². The molecule has 0 radical (unpaired) electrons. The fourth-order valence-corrected chi connectivity index (χ4v) is 4.21. The van der Waals surface area contributed by atoms with Gasteiger partial charge in [0, 0.05) is 38.9 Å². The second kappa shape index (κ2) is 6.31. The second-order valence-electron chi connectivity index (χ2n) is 5.57. The molecule has 7 heteroatoms. The van der Waals surface area contributed by atoms with Crippen molar-refractivity contribution in [1.82, 2.24) is 14.7 Å². The largest absolute Gasteiger partial charge is 0.388 e. The molecule has 0 unspecified atom stereocenters. The number of hydrazine groups is 1. The lowest BCUT2D eigenvalue weighted by molar-refractivity contribution is 0.135. The number of aryl methyl sites for hydroxylation is 2. The Hall–Kier alpha value is -1.15. The Balaban J connectivity index is 2.24. The summed E-state index contributed by atoms with van der Waals surface area (Å²) in [6, 6.07) is 3.71. The molecule has 2 N–H and O–H groups in total. The number of hydrogen-bond donors (Lipinski definition) is 2. The van der Waals surface area contributed by atoms with Gasteiger partial charge in [-0.2, -0.15) is 0 Å². The maximum atomic E-state index is 12.6. The van der Waals surface area contributed by atoms with E-state index in [0.717, 1.165) is 29.9 Å². The minimum Gasteiger partial charge on any atom is -0.388 e. The van der Waals surface area contributed by atoms with Crippen molar-refractivity contribution in [3.63, 3.8) is 0 Å². The summed E-state index contributed by atoms with van der Waals surface area (Å²) in [6.45, 7) is 6.77. The molecular formula is C14H24N4O2S. The van der Waals surface area contributed by atoms with Crippen LogP contribution < -0.4 is 10.1 Å². The van der Waals surface area contributed by atoms with Gasteiger partial charge in [-0.3, -0.25) is 0 Å². The summed E-state index contributed by atoms with van der Waals surface area (Å²) < 4.78 is 25.3. The molecule has 1 aliphatic rings. The smallest absolute Gasteiger partial charge is 0.253 e. The van der Waals surface area contributed by atoms with E-state index in [2.05, 4.69) is 15.0 Å². The van der Waals surface area contributed by atoms with Gasteiger partial charge in [-0.15, -0.1) is 4.83 Å². The lowest BCUT2D eigenvalue weighted by Crippen LogP contribution is -2.52. The van der Waals surface area contributed by atoms with E-state index in [1.165, 1.54) is 0 Å². The Bertz CT molecular complexity index is 584. The fraction of sp³-hybridized carbons (Fsp3) is 0.571. The molecule has 0 spiro atoms. The molecule has 1 saturated heterocycles. The Labute approximate surface area is 127 Å². The maximum absolute atomic E-state index is 12.6. The van der Waals surface area contributed by atoms with Crippen LogP contribution in [0, 0.1) is 13.8 Å². The number of sulfonamides is 1. The number of nitrogens with zero attached hydrogens (tertiary/aromatic N) is 2. The minimum absolute atomic E-state index is 0.375. The first kappa shape index (κ1) is 16.2. The third-order valence-corrected chi connectivity index (χ3v) is 5.45. The standard InChI is InChI=1S/C14H24N4O2S/c1-11-9-13(15-3)10-12(2)14(11)21(19,20)16-18-7-5-17(4)6-8-18/h9-10,15-16H,5-8H2,1-4H3. The molecular weight excluding hydrogens is 288 g/mol. The number of hydrogen-bond acceptors (Lipinski definition) is 5. The lowest BCUT2D eigenvalue weighted by atomic mass is 10.1. The highest BCUT2D eigenvalue weighted by Crippen LogP contribution is 2.24. The van der Waals surface area contributed by atoms with Crippen molar-refractivity contribution in [2.75, 3.05) is 45.6 Å². The summed E-state index contributed by atoms with van der Waals surface area (Å²) in [7, 11) is 0.328. The van der Waals surface area contributed by atoms with Crippen molar-refractivity contribution in [2.45, 2.75) is 18.7 Å². The monoisotopic (exact) mass is 312 g/mol. The first-order valence-electron chi connectivity index (χ1n) is 7.08. The molecule has 0 bridgehead atoms. The SMILES string of the molecule is CNc1cc(C)c(S(=O)(=O)NN2CCN(C)CC2)c(C)c1. The van der Waals surface area contributed by atoms with E-state index in [1.807, 2.05) is 40.1 Å². The molecule has 6 nitrogen and oxygen atoms in total. The third-order valence-electron chi connectivity index (χ3n) is 3.77. The Morgan fingerprint density at radius 3 is 2.05 bits per heavy atom. The van der Waals surface area contributed by atoms with Crippen LogP contribution in [0.2, 0.25) is 0 Å². The number of likely N-dealkylation sites (N-methyl/N-ethyl adjacent to an activating group) is 1. The van der Waals surface area contributed by atoms with Crippen molar-refractivity contribution in [3.8, 4) is 0 Å². The normalized spacial score (nSPS) is 17.9. The predicted molar refractivity (Wildman–Crippen MR) is 84.9 cm³/mol. The number of anilines is 1.